The van der Waals surface area contributed by atoms with E-state index in [0.717, 1.165) is 21.8 Å². The van der Waals surface area contributed by atoms with Crippen LogP contribution >= 0.6 is 12.2 Å². The molecule has 3 aromatic rings. The van der Waals surface area contributed by atoms with Crippen molar-refractivity contribution in [3.05, 3.63) is 47.1 Å². The van der Waals surface area contributed by atoms with Crippen LogP contribution < -0.4 is 9.47 Å². The Morgan fingerprint density at radius 3 is 2.79 bits per heavy atom. The Labute approximate surface area is 121 Å². The first-order valence-electron chi connectivity index (χ1n) is 5.84. The van der Waals surface area contributed by atoms with Crippen LogP contribution in [0, 0.1) is 4.64 Å². The first-order chi connectivity index (χ1) is 9.33. The van der Waals surface area contributed by atoms with Gasteiger partial charge in [0.15, 0.2) is 0 Å². The summed E-state index contributed by atoms with van der Waals surface area (Å²) in [5.41, 5.74) is 1.07. The van der Waals surface area contributed by atoms with Crippen molar-refractivity contribution in [1.82, 2.24) is 3.56 Å². The monoisotopic (exact) mass is 335 g/mol. The quantitative estimate of drug-likeness (QED) is 0.505. The molecule has 1 aliphatic rings. The molecule has 0 saturated carbocycles. The number of aromatic nitrogens is 1. The van der Waals surface area contributed by atoms with E-state index in [1.165, 1.54) is 9.65 Å². The molecule has 0 aliphatic carbocycles. The van der Waals surface area contributed by atoms with Crippen LogP contribution in [0.3, 0.4) is 0 Å². The molecule has 1 aromatic heterocycles. The van der Waals surface area contributed by atoms with Gasteiger partial charge in [-0.3, -0.25) is 0 Å². The second-order valence-electron chi connectivity index (χ2n) is 4.22. The molecule has 0 radical (unpaired) electrons. The number of rotatable bonds is 1. The molecular formula is C14H9NO2SSe. The first-order valence-corrected chi connectivity index (χ1v) is 7.87. The van der Waals surface area contributed by atoms with E-state index in [9.17, 15) is 0 Å². The Morgan fingerprint density at radius 2 is 1.89 bits per heavy atom. The molecule has 3 nitrogen and oxygen atoms in total. The van der Waals surface area contributed by atoms with Crippen LogP contribution in [0.2, 0.25) is 0 Å². The third-order valence-electron chi connectivity index (χ3n) is 3.08. The summed E-state index contributed by atoms with van der Waals surface area (Å²) in [5, 5.41) is 1.18. The number of ether oxygens (including phenoxy) is 2. The summed E-state index contributed by atoms with van der Waals surface area (Å²) in [4.78, 5) is 0. The van der Waals surface area contributed by atoms with Gasteiger partial charge in [-0.15, -0.1) is 0 Å². The van der Waals surface area contributed by atoms with Crippen molar-refractivity contribution in [3.63, 3.8) is 0 Å². The molecule has 0 saturated heterocycles. The van der Waals surface area contributed by atoms with E-state index < -0.39 is 0 Å². The zero-order chi connectivity index (χ0) is 12.8. The second-order valence-corrected chi connectivity index (χ2v) is 6.68. The fourth-order valence-electron chi connectivity index (χ4n) is 2.15. The molecule has 4 rings (SSSR count). The van der Waals surface area contributed by atoms with Gasteiger partial charge in [-0.05, 0) is 0 Å². The van der Waals surface area contributed by atoms with Crippen molar-refractivity contribution < 1.29 is 9.47 Å². The number of nitrogens with zero attached hydrogens (tertiary/aromatic N) is 1. The Bertz CT molecular complexity index is 837. The normalized spacial score (nSPS) is 13.1. The minimum absolute atomic E-state index is 0.196. The molecule has 0 fully saturated rings. The van der Waals surface area contributed by atoms with Gasteiger partial charge >= 0.3 is 121 Å². The fourth-order valence-corrected chi connectivity index (χ4v) is 4.87. The molecule has 2 heterocycles. The number of benzene rings is 2. The summed E-state index contributed by atoms with van der Waals surface area (Å²) in [6.45, 7) is 0.300. The summed E-state index contributed by atoms with van der Waals surface area (Å²) in [5.74, 6) is 1.60. The Hall–Kier alpha value is -1.55. The Balaban J connectivity index is 1.95. The molecular weight excluding hydrogens is 325 g/mol. The SMILES string of the molecule is S=c1c2ccccc2[se]n1-c1ccc2c(c1)OCO2. The van der Waals surface area contributed by atoms with E-state index >= 15 is 0 Å². The third-order valence-corrected chi connectivity index (χ3v) is 6.11. The predicted octanol–water partition coefficient (Wildman–Crippen LogP) is 3.15. The standard InChI is InChI=1S/C14H9NO2SSe/c18-14-10-3-1-2-4-13(10)19-15(14)9-5-6-11-12(7-9)17-8-16-11/h1-7H,8H2. The summed E-state index contributed by atoms with van der Waals surface area (Å²) in [7, 11) is 0. The van der Waals surface area contributed by atoms with Crippen LogP contribution in [0.4, 0.5) is 0 Å². The van der Waals surface area contributed by atoms with Gasteiger partial charge in [-0.1, -0.05) is 0 Å². The first kappa shape index (κ1) is 11.3. The van der Waals surface area contributed by atoms with Gasteiger partial charge in [-0.2, -0.15) is 0 Å². The molecule has 0 unspecified atom stereocenters. The van der Waals surface area contributed by atoms with Gasteiger partial charge in [0.05, 0.1) is 0 Å². The number of hydrogen-bond acceptors (Lipinski definition) is 3. The van der Waals surface area contributed by atoms with Crippen molar-refractivity contribution >= 4 is 36.6 Å². The summed E-state index contributed by atoms with van der Waals surface area (Å²) >= 11 is 5.77. The number of fused-ring (bicyclic) bond motifs is 2. The van der Waals surface area contributed by atoms with Crippen LogP contribution in [-0.4, -0.2) is 25.1 Å². The van der Waals surface area contributed by atoms with Crippen molar-refractivity contribution in [1.29, 1.82) is 0 Å². The molecule has 2 aromatic carbocycles. The minimum atomic E-state index is 0.196. The van der Waals surface area contributed by atoms with Gasteiger partial charge in [0, 0.05) is 0 Å². The number of hydrogen-bond donors (Lipinski definition) is 0. The average molecular weight is 334 g/mol. The maximum atomic E-state index is 5.57. The van der Waals surface area contributed by atoms with Crippen LogP contribution in [0.15, 0.2) is 42.5 Å². The fraction of sp³-hybridized carbons (Fsp3) is 0.0714. The maximum absolute atomic E-state index is 5.57. The molecule has 0 N–H and O–H groups in total. The Kier molecular flexibility index (Phi) is 2.52. The average Bonchev–Trinajstić information content (AvgIpc) is 3.03. The predicted molar refractivity (Wildman–Crippen MR) is 77.2 cm³/mol. The van der Waals surface area contributed by atoms with E-state index in [1.807, 2.05) is 24.3 Å². The van der Waals surface area contributed by atoms with Crippen LogP contribution in [0.1, 0.15) is 0 Å². The van der Waals surface area contributed by atoms with E-state index in [4.69, 9.17) is 21.7 Å². The van der Waals surface area contributed by atoms with Gasteiger partial charge in [0.2, 0.25) is 0 Å². The van der Waals surface area contributed by atoms with Crippen molar-refractivity contribution in [3.8, 4) is 17.2 Å². The zero-order valence-corrected chi connectivity index (χ0v) is 12.4. The van der Waals surface area contributed by atoms with Crippen molar-refractivity contribution in [2.24, 2.45) is 0 Å². The Morgan fingerprint density at radius 1 is 1.05 bits per heavy atom. The van der Waals surface area contributed by atoms with Crippen LogP contribution in [0.5, 0.6) is 11.5 Å². The zero-order valence-electron chi connectivity index (χ0n) is 9.83. The molecule has 0 amide bonds. The van der Waals surface area contributed by atoms with Gasteiger partial charge in [-0.25, -0.2) is 0 Å². The van der Waals surface area contributed by atoms with Crippen molar-refractivity contribution in [2.45, 2.75) is 0 Å². The topological polar surface area (TPSA) is 23.4 Å². The van der Waals surface area contributed by atoms with Crippen LogP contribution in [0.25, 0.3) is 15.3 Å². The molecule has 0 bridgehead atoms. The summed E-state index contributed by atoms with van der Waals surface area (Å²) < 4.78 is 15.2. The van der Waals surface area contributed by atoms with E-state index in [-0.39, 0.29) is 14.7 Å². The summed E-state index contributed by atoms with van der Waals surface area (Å²) in [6, 6.07) is 14.3. The van der Waals surface area contributed by atoms with Gasteiger partial charge < -0.3 is 0 Å². The molecule has 0 atom stereocenters. The van der Waals surface area contributed by atoms with Crippen molar-refractivity contribution in [2.75, 3.05) is 6.79 Å². The van der Waals surface area contributed by atoms with E-state index in [0.29, 0.717) is 6.79 Å². The van der Waals surface area contributed by atoms with E-state index in [2.05, 4.69) is 21.8 Å². The third kappa shape index (κ3) is 1.74. The molecule has 94 valence electrons. The molecule has 1 aliphatic heterocycles. The molecule has 5 heteroatoms. The van der Waals surface area contributed by atoms with Gasteiger partial charge in [0.25, 0.3) is 0 Å². The molecule has 0 spiro atoms. The second kappa shape index (κ2) is 4.23. The molecule has 19 heavy (non-hydrogen) atoms. The van der Waals surface area contributed by atoms with Crippen LogP contribution in [-0.2, 0) is 0 Å². The van der Waals surface area contributed by atoms with E-state index in [1.54, 1.807) is 0 Å². The van der Waals surface area contributed by atoms with Gasteiger partial charge in [0.1, 0.15) is 0 Å². The summed E-state index contributed by atoms with van der Waals surface area (Å²) in [6.07, 6.45) is 0.